The van der Waals surface area contributed by atoms with Crippen LogP contribution in [0.3, 0.4) is 0 Å². The van der Waals surface area contributed by atoms with Gasteiger partial charge in [-0.05, 0) is 63.8 Å². The number of aliphatic hydroxyl groups is 2. The number of unbranched alkanes of at least 4 members (excludes halogenated alkanes) is 1. The Bertz CT molecular complexity index is 958. The van der Waals surface area contributed by atoms with Crippen LogP contribution in [0.2, 0.25) is 0 Å². The molecule has 210 valence electrons. The maximum Gasteiger partial charge on any atom is 0.176 e. The van der Waals surface area contributed by atoms with Gasteiger partial charge in [0.05, 0.1) is 18.3 Å². The van der Waals surface area contributed by atoms with E-state index in [1.54, 1.807) is 13.0 Å². The van der Waals surface area contributed by atoms with Crippen molar-refractivity contribution in [3.8, 4) is 11.5 Å². The van der Waals surface area contributed by atoms with Crippen LogP contribution in [-0.2, 0) is 11.2 Å². The third-order valence-electron chi connectivity index (χ3n) is 7.24. The number of aromatic hydroxyl groups is 1. The van der Waals surface area contributed by atoms with E-state index in [0.717, 1.165) is 55.2 Å². The number of aryl methyl sites for hydroxylation is 1. The van der Waals surface area contributed by atoms with Gasteiger partial charge in [-0.2, -0.15) is 12.5 Å². The highest BCUT2D eigenvalue weighted by Gasteiger charge is 2.33. The highest BCUT2D eigenvalue weighted by molar-refractivity contribution is 5.84. The number of hydrogen-bond acceptors (Lipinski definition) is 7. The van der Waals surface area contributed by atoms with Gasteiger partial charge in [0.15, 0.2) is 23.8 Å². The molecule has 0 bridgehead atoms. The quantitative estimate of drug-likeness (QED) is 0.212. The molecule has 0 amide bonds. The largest absolute Gasteiger partial charge is 0.592 e. The van der Waals surface area contributed by atoms with Crippen LogP contribution < -0.4 is 10.1 Å². The highest BCUT2D eigenvalue weighted by atomic mass is 16.5. The molecule has 1 aromatic rings. The van der Waals surface area contributed by atoms with Crippen molar-refractivity contribution in [3.63, 3.8) is 0 Å². The van der Waals surface area contributed by atoms with Gasteiger partial charge in [-0.15, -0.1) is 4.99 Å². The Morgan fingerprint density at radius 3 is 2.74 bits per heavy atom. The number of nitrogens with zero attached hydrogens (tertiary/aromatic N) is 1. The molecule has 7 heteroatoms. The number of hydrogen-bond donors (Lipinski definition) is 4. The van der Waals surface area contributed by atoms with Gasteiger partial charge in [0, 0.05) is 12.0 Å². The first-order valence-electron chi connectivity index (χ1n) is 14.2. The molecule has 0 fully saturated rings. The fourth-order valence-electron chi connectivity index (χ4n) is 4.64. The van der Waals surface area contributed by atoms with Crippen LogP contribution in [0.25, 0.3) is 0 Å². The topological polar surface area (TPSA) is 104 Å². The number of rotatable bonds is 17. The predicted octanol–water partition coefficient (Wildman–Crippen LogP) is 5.06. The average molecular weight is 527 g/mol. The number of nitrogens with one attached hydrogen (secondary N) is 1. The molecular formula is C31H46N2O5. The van der Waals surface area contributed by atoms with E-state index in [1.807, 2.05) is 25.3 Å². The fraction of sp³-hybridized carbons (Fsp3) is 0.581. The first-order valence-corrected chi connectivity index (χ1v) is 14.2. The number of phenols is 1. The molecule has 0 saturated carbocycles. The van der Waals surface area contributed by atoms with Gasteiger partial charge in [-0.1, -0.05) is 44.9 Å². The minimum atomic E-state index is -0.727. The molecule has 2 heterocycles. The SMILES string of the molecule is CCCCC1[CH-]C=C(CCc2ccc(O)c(OC[C@H](NCC)[C+]3C=C([C@H](C)CC[C@H](O)[C@H](C)O)C=N3)c2)O1. The monoisotopic (exact) mass is 526 g/mol. The van der Waals surface area contributed by atoms with E-state index in [0.29, 0.717) is 18.8 Å². The number of allylic oxidation sites excluding steroid dienone is 2. The van der Waals surface area contributed by atoms with Gasteiger partial charge < -0.3 is 24.8 Å². The Labute approximate surface area is 228 Å². The van der Waals surface area contributed by atoms with Crippen LogP contribution in [0, 0.1) is 18.4 Å². The zero-order chi connectivity index (χ0) is 27.5. The molecule has 3 rings (SSSR count). The van der Waals surface area contributed by atoms with E-state index < -0.39 is 12.2 Å². The molecule has 0 aromatic heterocycles. The summed E-state index contributed by atoms with van der Waals surface area (Å²) in [4.78, 5) is 4.63. The van der Waals surface area contributed by atoms with Crippen molar-refractivity contribution in [2.75, 3.05) is 13.2 Å². The van der Waals surface area contributed by atoms with Gasteiger partial charge in [0.2, 0.25) is 0 Å². The molecule has 2 aliphatic heterocycles. The fourth-order valence-corrected chi connectivity index (χ4v) is 4.64. The molecule has 38 heavy (non-hydrogen) atoms. The van der Waals surface area contributed by atoms with Crippen molar-refractivity contribution in [2.45, 2.75) is 97.0 Å². The van der Waals surface area contributed by atoms with Crippen LogP contribution in [0.4, 0.5) is 0 Å². The molecule has 0 saturated heterocycles. The zero-order valence-corrected chi connectivity index (χ0v) is 23.4. The van der Waals surface area contributed by atoms with Crippen molar-refractivity contribution in [2.24, 2.45) is 10.9 Å². The number of aliphatic hydroxyl groups excluding tert-OH is 2. The van der Waals surface area contributed by atoms with Crippen molar-refractivity contribution >= 4 is 6.21 Å². The lowest BCUT2D eigenvalue weighted by atomic mass is 9.93. The molecule has 7 nitrogen and oxygen atoms in total. The Hall–Kier alpha value is -2.61. The Morgan fingerprint density at radius 1 is 1.18 bits per heavy atom. The van der Waals surface area contributed by atoms with Crippen molar-refractivity contribution < 1.29 is 24.8 Å². The van der Waals surface area contributed by atoms with Crippen LogP contribution in [0.5, 0.6) is 11.5 Å². The van der Waals surface area contributed by atoms with Gasteiger partial charge >= 0.3 is 0 Å². The van der Waals surface area contributed by atoms with Crippen LogP contribution in [0.15, 0.2) is 46.7 Å². The second kappa shape index (κ2) is 15.1. The molecule has 0 aliphatic carbocycles. The summed E-state index contributed by atoms with van der Waals surface area (Å²) in [5, 5.41) is 33.3. The second-order valence-corrected chi connectivity index (χ2v) is 10.5. The van der Waals surface area contributed by atoms with E-state index in [2.05, 4.69) is 42.7 Å². The van der Waals surface area contributed by atoms with Crippen LogP contribution >= 0.6 is 0 Å². The summed E-state index contributed by atoms with van der Waals surface area (Å²) in [6.07, 6.45) is 13.3. The molecule has 0 spiro atoms. The molecule has 4 N–H and O–H groups in total. The number of aliphatic imine (C=N–C) groups is 1. The minimum Gasteiger partial charge on any atom is -0.592 e. The average Bonchev–Trinajstić information content (AvgIpc) is 3.58. The lowest BCUT2D eigenvalue weighted by Crippen LogP contribution is -2.38. The molecule has 1 aromatic carbocycles. The molecule has 2 aliphatic rings. The maximum absolute atomic E-state index is 10.4. The van der Waals surface area contributed by atoms with Gasteiger partial charge in [-0.25, -0.2) is 0 Å². The standard InChI is InChI=1S/C31H46N2O5/c1-5-7-8-25-13-14-26(38-25)12-10-23-11-16-30(36)31(17-23)37-20-28(32-6-2)27-18-24(19-33-27)21(3)9-15-29(35)22(4)34/h11,13-14,16-19,21-22,25,28-29,32,34-36H,5-10,12,15,20H2,1-4H3/t21-,22+,25?,28+,29+/m1/s1. The number of benzene rings is 1. The number of phenolic OH excluding ortho intramolecular Hbond substituents is 1. The van der Waals surface area contributed by atoms with Crippen LogP contribution in [-0.4, -0.2) is 59.0 Å². The summed E-state index contributed by atoms with van der Waals surface area (Å²) < 4.78 is 12.1. The van der Waals surface area contributed by atoms with Crippen molar-refractivity contribution in [1.29, 1.82) is 0 Å². The molecule has 1 unspecified atom stereocenters. The summed E-state index contributed by atoms with van der Waals surface area (Å²) in [5.41, 5.74) is 2.18. The Morgan fingerprint density at radius 2 is 2.00 bits per heavy atom. The van der Waals surface area contributed by atoms with Crippen molar-refractivity contribution in [3.05, 3.63) is 59.7 Å². The zero-order valence-electron chi connectivity index (χ0n) is 23.4. The summed E-state index contributed by atoms with van der Waals surface area (Å²) in [6.45, 7) is 9.03. The normalized spacial score (nSPS) is 19.8. The summed E-state index contributed by atoms with van der Waals surface area (Å²) in [5.74, 6) is 1.81. The highest BCUT2D eigenvalue weighted by Crippen LogP contribution is 2.31. The molecule has 0 radical (unpaired) electrons. The third-order valence-corrected chi connectivity index (χ3v) is 7.24. The Balaban J connectivity index is 1.53. The van der Waals surface area contributed by atoms with E-state index in [4.69, 9.17) is 9.47 Å². The van der Waals surface area contributed by atoms with Gasteiger partial charge in [0.25, 0.3) is 0 Å². The first-order chi connectivity index (χ1) is 18.3. The van der Waals surface area contributed by atoms with Crippen molar-refractivity contribution in [1.82, 2.24) is 5.32 Å². The summed E-state index contributed by atoms with van der Waals surface area (Å²) in [6, 6.07) is 6.29. The lowest BCUT2D eigenvalue weighted by Gasteiger charge is -2.21. The van der Waals surface area contributed by atoms with E-state index in [9.17, 15) is 15.3 Å². The lowest BCUT2D eigenvalue weighted by molar-refractivity contribution is 0.0235. The molecular weight excluding hydrogens is 480 g/mol. The van der Waals surface area contributed by atoms with Crippen LogP contribution in [0.1, 0.15) is 71.8 Å². The smallest absolute Gasteiger partial charge is 0.176 e. The number of likely N-dealkylation sites (N-methyl/N-ethyl adjacent to an activating group) is 1. The number of ether oxygens (including phenoxy) is 2. The van der Waals surface area contributed by atoms with E-state index >= 15 is 0 Å². The van der Waals surface area contributed by atoms with Gasteiger partial charge in [-0.3, -0.25) is 5.32 Å². The predicted molar refractivity (Wildman–Crippen MR) is 152 cm³/mol. The second-order valence-electron chi connectivity index (χ2n) is 10.5. The Kier molecular flexibility index (Phi) is 11.9. The summed E-state index contributed by atoms with van der Waals surface area (Å²) >= 11 is 0. The summed E-state index contributed by atoms with van der Waals surface area (Å²) in [7, 11) is 0. The van der Waals surface area contributed by atoms with Gasteiger partial charge in [0.1, 0.15) is 18.2 Å². The van der Waals surface area contributed by atoms with E-state index in [1.165, 1.54) is 12.8 Å². The third kappa shape index (κ3) is 9.00. The van der Waals surface area contributed by atoms with E-state index in [-0.39, 0.29) is 23.8 Å². The first kappa shape index (κ1) is 29.9. The maximum atomic E-state index is 10.4. The minimum absolute atomic E-state index is 0.120. The molecule has 5 atom stereocenters.